The van der Waals surface area contributed by atoms with Crippen LogP contribution in [-0.2, 0) is 14.8 Å². The fourth-order valence-corrected chi connectivity index (χ4v) is 4.99. The number of halogens is 1. The molecule has 0 N–H and O–H groups in total. The van der Waals surface area contributed by atoms with Crippen LogP contribution in [0.3, 0.4) is 0 Å². The third-order valence-corrected chi connectivity index (χ3v) is 6.98. The number of rotatable bonds is 7. The second kappa shape index (κ2) is 8.94. The van der Waals surface area contributed by atoms with Gasteiger partial charge in [-0.3, -0.25) is 4.79 Å². The van der Waals surface area contributed by atoms with Gasteiger partial charge in [0.25, 0.3) is 0 Å². The smallest absolute Gasteiger partial charge is 0.338 e. The maximum Gasteiger partial charge on any atom is 0.338 e. The van der Waals surface area contributed by atoms with Crippen molar-refractivity contribution in [3.05, 3.63) is 58.6 Å². The van der Waals surface area contributed by atoms with Crippen molar-refractivity contribution in [2.45, 2.75) is 17.7 Å². The number of Topliss-reactive ketones (excluding diaryl/α,β-unsaturated/α-hetero) is 1. The van der Waals surface area contributed by atoms with Crippen LogP contribution >= 0.6 is 11.6 Å². The van der Waals surface area contributed by atoms with E-state index in [1.54, 1.807) is 24.3 Å². The number of nitrogens with zero attached hydrogens (tertiary/aromatic N) is 1. The minimum Gasteiger partial charge on any atom is -0.497 e. The summed E-state index contributed by atoms with van der Waals surface area (Å²) in [6.07, 6.45) is 1.57. The molecule has 7 nitrogen and oxygen atoms in total. The fraction of sp³-hybridized carbons (Fsp3) is 0.300. The normalized spacial score (nSPS) is 14.6. The molecule has 0 bridgehead atoms. The molecular weight excluding hydrogens is 418 g/mol. The number of benzene rings is 2. The van der Waals surface area contributed by atoms with Crippen LogP contribution < -0.4 is 4.74 Å². The van der Waals surface area contributed by atoms with E-state index in [4.69, 9.17) is 21.1 Å². The lowest BCUT2D eigenvalue weighted by atomic mass is 10.1. The number of methoxy groups -OCH3 is 1. The lowest BCUT2D eigenvalue weighted by Crippen LogP contribution is -2.28. The maximum absolute atomic E-state index is 12.8. The van der Waals surface area contributed by atoms with E-state index in [0.29, 0.717) is 24.4 Å². The van der Waals surface area contributed by atoms with Gasteiger partial charge in [0.1, 0.15) is 10.6 Å². The summed E-state index contributed by atoms with van der Waals surface area (Å²) in [6, 6.07) is 10.3. The Morgan fingerprint density at radius 3 is 2.28 bits per heavy atom. The molecule has 29 heavy (non-hydrogen) atoms. The summed E-state index contributed by atoms with van der Waals surface area (Å²) in [7, 11) is -2.27. The van der Waals surface area contributed by atoms with E-state index in [1.165, 1.54) is 29.6 Å². The number of ether oxygens (including phenoxy) is 2. The van der Waals surface area contributed by atoms with Crippen LogP contribution in [0.4, 0.5) is 0 Å². The Labute approximate surface area is 174 Å². The topological polar surface area (TPSA) is 90.0 Å². The SMILES string of the molecule is COc1ccc(C(=O)COC(=O)c2ccc(Cl)c(S(=O)(=O)N3CCCC3)c2)cc1. The van der Waals surface area contributed by atoms with E-state index >= 15 is 0 Å². The fourth-order valence-electron chi connectivity index (χ4n) is 2.97. The molecule has 9 heteroatoms. The summed E-state index contributed by atoms with van der Waals surface area (Å²) < 4.78 is 37.0. The Hall–Kier alpha value is -2.42. The van der Waals surface area contributed by atoms with Crippen molar-refractivity contribution in [3.8, 4) is 5.75 Å². The Morgan fingerprint density at radius 2 is 1.66 bits per heavy atom. The average Bonchev–Trinajstić information content (AvgIpc) is 3.28. The zero-order valence-corrected chi connectivity index (χ0v) is 17.3. The highest BCUT2D eigenvalue weighted by Gasteiger charge is 2.30. The van der Waals surface area contributed by atoms with Crippen LogP contribution in [-0.4, -0.2) is 51.3 Å². The number of carbonyl (C=O) groups excluding carboxylic acids is 2. The van der Waals surface area contributed by atoms with Crippen LogP contribution in [0.2, 0.25) is 5.02 Å². The van der Waals surface area contributed by atoms with Gasteiger partial charge in [0, 0.05) is 18.7 Å². The van der Waals surface area contributed by atoms with E-state index < -0.39 is 22.6 Å². The van der Waals surface area contributed by atoms with Crippen LogP contribution in [0.1, 0.15) is 33.6 Å². The summed E-state index contributed by atoms with van der Waals surface area (Å²) in [5.74, 6) is -0.590. The molecule has 0 aliphatic carbocycles. The second-order valence-electron chi connectivity index (χ2n) is 6.48. The number of carbonyl (C=O) groups is 2. The second-order valence-corrected chi connectivity index (χ2v) is 8.80. The lowest BCUT2D eigenvalue weighted by Gasteiger charge is -2.17. The Kier molecular flexibility index (Phi) is 6.56. The van der Waals surface area contributed by atoms with Gasteiger partial charge in [0.15, 0.2) is 12.4 Å². The molecular formula is C20H20ClNO6S. The minimum absolute atomic E-state index is 0.00898. The summed E-state index contributed by atoms with van der Waals surface area (Å²) >= 11 is 6.07. The van der Waals surface area contributed by atoms with E-state index in [2.05, 4.69) is 0 Å². The lowest BCUT2D eigenvalue weighted by molar-refractivity contribution is 0.0474. The molecule has 1 fully saturated rings. The van der Waals surface area contributed by atoms with Gasteiger partial charge in [-0.05, 0) is 55.3 Å². The molecule has 2 aromatic rings. The van der Waals surface area contributed by atoms with E-state index in [9.17, 15) is 18.0 Å². The number of esters is 1. The first-order valence-electron chi connectivity index (χ1n) is 8.97. The molecule has 1 heterocycles. The third kappa shape index (κ3) is 4.77. The van der Waals surface area contributed by atoms with E-state index in [0.717, 1.165) is 12.8 Å². The molecule has 154 valence electrons. The molecule has 0 atom stereocenters. The summed E-state index contributed by atoms with van der Waals surface area (Å²) in [6.45, 7) is 0.370. The number of hydrogen-bond acceptors (Lipinski definition) is 6. The van der Waals surface area contributed by atoms with E-state index in [1.807, 2.05) is 0 Å². The van der Waals surface area contributed by atoms with Crippen molar-refractivity contribution in [3.63, 3.8) is 0 Å². The summed E-state index contributed by atoms with van der Waals surface area (Å²) in [4.78, 5) is 24.4. The largest absolute Gasteiger partial charge is 0.497 e. The molecule has 1 aliphatic heterocycles. The molecule has 0 saturated carbocycles. The summed E-state index contributed by atoms with van der Waals surface area (Å²) in [5.41, 5.74) is 0.377. The Bertz CT molecular complexity index is 1010. The predicted octanol–water partition coefficient (Wildman–Crippen LogP) is 3.17. The first kappa shape index (κ1) is 21.3. The van der Waals surface area contributed by atoms with E-state index in [-0.39, 0.29) is 21.3 Å². The molecule has 0 amide bonds. The number of ketones is 1. The average molecular weight is 438 g/mol. The van der Waals surface area contributed by atoms with Gasteiger partial charge < -0.3 is 9.47 Å². The van der Waals surface area contributed by atoms with Gasteiger partial charge in [0.05, 0.1) is 17.7 Å². The quantitative estimate of drug-likeness (QED) is 0.488. The molecule has 2 aromatic carbocycles. The van der Waals surface area contributed by atoms with Crippen molar-refractivity contribution in [2.24, 2.45) is 0 Å². The van der Waals surface area contributed by atoms with Gasteiger partial charge in [0.2, 0.25) is 10.0 Å². The van der Waals surface area contributed by atoms with Crippen molar-refractivity contribution in [1.82, 2.24) is 4.31 Å². The third-order valence-electron chi connectivity index (χ3n) is 4.60. The Balaban J connectivity index is 1.71. The first-order chi connectivity index (χ1) is 13.8. The molecule has 0 radical (unpaired) electrons. The first-order valence-corrected chi connectivity index (χ1v) is 10.8. The van der Waals surface area contributed by atoms with Crippen molar-refractivity contribution < 1.29 is 27.5 Å². The van der Waals surface area contributed by atoms with Gasteiger partial charge in [-0.1, -0.05) is 11.6 Å². The van der Waals surface area contributed by atoms with Gasteiger partial charge in [-0.15, -0.1) is 0 Å². The molecule has 0 aromatic heterocycles. The summed E-state index contributed by atoms with van der Waals surface area (Å²) in [5, 5.41) is 0.0303. The monoisotopic (exact) mass is 437 g/mol. The predicted molar refractivity (Wildman–Crippen MR) is 107 cm³/mol. The van der Waals surface area contributed by atoms with Crippen LogP contribution in [0.15, 0.2) is 47.4 Å². The molecule has 1 saturated heterocycles. The molecule has 0 spiro atoms. The van der Waals surface area contributed by atoms with Crippen molar-refractivity contribution >= 4 is 33.4 Å². The maximum atomic E-state index is 12.8. The van der Waals surface area contributed by atoms with Gasteiger partial charge >= 0.3 is 5.97 Å². The minimum atomic E-state index is -3.79. The highest BCUT2D eigenvalue weighted by atomic mass is 35.5. The molecule has 0 unspecified atom stereocenters. The van der Waals surface area contributed by atoms with Gasteiger partial charge in [-0.25, -0.2) is 13.2 Å². The van der Waals surface area contributed by atoms with Gasteiger partial charge in [-0.2, -0.15) is 4.31 Å². The highest BCUT2D eigenvalue weighted by molar-refractivity contribution is 7.89. The Morgan fingerprint density at radius 1 is 1.03 bits per heavy atom. The standard InChI is InChI=1S/C20H20ClNO6S/c1-27-16-7-4-14(5-8-16)18(23)13-28-20(24)15-6-9-17(21)19(12-15)29(25,26)22-10-2-3-11-22/h4-9,12H,2-3,10-11,13H2,1H3. The van der Waals surface area contributed by atoms with Crippen LogP contribution in [0.25, 0.3) is 0 Å². The van der Waals surface area contributed by atoms with Crippen molar-refractivity contribution in [1.29, 1.82) is 0 Å². The highest BCUT2D eigenvalue weighted by Crippen LogP contribution is 2.28. The zero-order chi connectivity index (χ0) is 21.0. The number of sulfonamides is 1. The molecule has 1 aliphatic rings. The zero-order valence-electron chi connectivity index (χ0n) is 15.8. The van der Waals surface area contributed by atoms with Crippen molar-refractivity contribution in [2.75, 3.05) is 26.8 Å². The molecule has 3 rings (SSSR count). The number of hydrogen-bond donors (Lipinski definition) is 0. The van der Waals surface area contributed by atoms with Crippen LogP contribution in [0.5, 0.6) is 5.75 Å². The van der Waals surface area contributed by atoms with Crippen LogP contribution in [0, 0.1) is 0 Å².